The van der Waals surface area contributed by atoms with Crippen molar-refractivity contribution in [1.29, 1.82) is 0 Å². The number of halogens is 2. The third-order valence-corrected chi connectivity index (χ3v) is 8.28. The van der Waals surface area contributed by atoms with Gasteiger partial charge in [0.15, 0.2) is 0 Å². The summed E-state index contributed by atoms with van der Waals surface area (Å²) in [5.74, 6) is 2.14. The Morgan fingerprint density at radius 2 is 1.87 bits per heavy atom. The molecule has 1 aromatic rings. The second-order valence-electron chi connectivity index (χ2n) is 4.42. The van der Waals surface area contributed by atoms with Gasteiger partial charge >= 0.3 is 101 Å². The van der Waals surface area contributed by atoms with Gasteiger partial charge < -0.3 is 0 Å². The van der Waals surface area contributed by atoms with Gasteiger partial charge in [0, 0.05) is 0 Å². The van der Waals surface area contributed by atoms with Crippen LogP contribution in [0.2, 0.25) is 0 Å². The molecule has 0 N–H and O–H groups in total. The van der Waals surface area contributed by atoms with Crippen LogP contribution in [-0.4, -0.2) is 6.16 Å². The zero-order chi connectivity index (χ0) is 11.0. The van der Waals surface area contributed by atoms with E-state index in [1.165, 1.54) is 11.1 Å². The second-order valence-corrected chi connectivity index (χ2v) is 13.7. The van der Waals surface area contributed by atoms with Gasteiger partial charge in [0.1, 0.15) is 0 Å². The topological polar surface area (TPSA) is 0 Å². The predicted molar refractivity (Wildman–Crippen MR) is 72.0 cm³/mol. The fourth-order valence-corrected chi connectivity index (χ4v) is 7.66. The summed E-state index contributed by atoms with van der Waals surface area (Å²) in [5, 5.41) is -2.58. The van der Waals surface area contributed by atoms with Crippen molar-refractivity contribution in [1.82, 2.24) is 0 Å². The maximum atomic E-state index is 6.68. The number of benzene rings is 1. The van der Waals surface area contributed by atoms with Crippen molar-refractivity contribution >= 4 is 27.8 Å². The molecule has 3 heteroatoms. The minimum atomic E-state index is -2.58. The molecule has 0 aliphatic carbocycles. The molecule has 82 valence electrons. The average Bonchev–Trinajstić information content (AvgIpc) is 2.43. The molecule has 0 spiro atoms. The molecule has 15 heavy (non-hydrogen) atoms. The van der Waals surface area contributed by atoms with Crippen molar-refractivity contribution in [3.63, 3.8) is 0 Å². The van der Waals surface area contributed by atoms with Crippen LogP contribution in [0.15, 0.2) is 41.7 Å². The van der Waals surface area contributed by atoms with E-state index in [0.29, 0.717) is 0 Å². The second kappa shape index (κ2) is 3.77. The molecule has 0 unspecified atom stereocenters. The van der Waals surface area contributed by atoms with Crippen molar-refractivity contribution in [3.05, 3.63) is 47.3 Å². The first kappa shape index (κ1) is 11.5. The fraction of sp³-hybridized carbons (Fsp3) is 0.333. The van der Waals surface area contributed by atoms with Crippen molar-refractivity contribution in [2.75, 3.05) is 6.16 Å². The summed E-state index contributed by atoms with van der Waals surface area (Å²) >= 11 is 13.4. The van der Waals surface area contributed by atoms with E-state index >= 15 is 0 Å². The Hall–Kier alpha value is -0.0300. The van der Waals surface area contributed by atoms with Crippen LogP contribution < -0.4 is 0 Å². The first-order valence-electron chi connectivity index (χ1n) is 5.14. The Bertz CT molecular complexity index is 395. The molecule has 0 saturated carbocycles. The summed E-state index contributed by atoms with van der Waals surface area (Å²) < 4.78 is 0. The molecule has 1 aromatic carbocycles. The van der Waals surface area contributed by atoms with Crippen molar-refractivity contribution in [3.8, 4) is 0 Å². The average molecular weight is 261 g/mol. The first-order chi connectivity index (χ1) is 6.96. The third kappa shape index (κ3) is 2.75. The summed E-state index contributed by atoms with van der Waals surface area (Å²) in [6.45, 7) is 2.12. The van der Waals surface area contributed by atoms with Gasteiger partial charge in [-0.3, -0.25) is 0 Å². The summed E-state index contributed by atoms with van der Waals surface area (Å²) in [4.78, 5) is 0. The first-order valence-corrected chi connectivity index (χ1v) is 9.62. The van der Waals surface area contributed by atoms with Crippen LogP contribution in [0, 0.1) is 0 Å². The Labute approximate surface area is 101 Å². The minimum absolute atomic E-state index is 0.812. The Kier molecular flexibility index (Phi) is 2.88. The van der Waals surface area contributed by atoms with Gasteiger partial charge in [0.25, 0.3) is 0 Å². The van der Waals surface area contributed by atoms with Gasteiger partial charge in [0.05, 0.1) is 0 Å². The molecule has 0 atom stereocenters. The van der Waals surface area contributed by atoms with Crippen LogP contribution in [0.1, 0.15) is 18.9 Å². The number of hydrogen-bond donors (Lipinski definition) is 0. The van der Waals surface area contributed by atoms with Crippen LogP contribution in [0.3, 0.4) is 0 Å². The predicted octanol–water partition coefficient (Wildman–Crippen LogP) is 5.36. The summed E-state index contributed by atoms with van der Waals surface area (Å²) in [5.41, 5.74) is 2.58. The Balaban J connectivity index is 2.25. The Morgan fingerprint density at radius 1 is 1.20 bits per heavy atom. The molecular formula is C12H15Cl2P. The molecular weight excluding hydrogens is 246 g/mol. The molecule has 0 radical (unpaired) electrons. The molecule has 1 heterocycles. The van der Waals surface area contributed by atoms with Crippen molar-refractivity contribution < 1.29 is 0 Å². The van der Waals surface area contributed by atoms with Gasteiger partial charge in [-0.15, -0.1) is 0 Å². The zero-order valence-electron chi connectivity index (χ0n) is 8.79. The zero-order valence-corrected chi connectivity index (χ0v) is 11.2. The Morgan fingerprint density at radius 3 is 2.40 bits per heavy atom. The molecule has 0 aromatic heterocycles. The molecule has 0 bridgehead atoms. The molecule has 0 fully saturated rings. The molecule has 0 nitrogen and oxygen atoms in total. The van der Waals surface area contributed by atoms with E-state index in [1.54, 1.807) is 0 Å². The molecule has 1 aliphatic heterocycles. The van der Waals surface area contributed by atoms with E-state index in [-0.39, 0.29) is 0 Å². The fourth-order valence-electron chi connectivity index (χ4n) is 2.09. The van der Waals surface area contributed by atoms with E-state index < -0.39 is 5.31 Å². The summed E-state index contributed by atoms with van der Waals surface area (Å²) in [6, 6.07) is 10.3. The van der Waals surface area contributed by atoms with Gasteiger partial charge in [-0.25, -0.2) is 0 Å². The van der Waals surface area contributed by atoms with Gasteiger partial charge in [-0.1, -0.05) is 0 Å². The molecule has 0 saturated heterocycles. The summed E-state index contributed by atoms with van der Waals surface area (Å²) in [6.07, 6.45) is 2.81. The number of hydrogen-bond acceptors (Lipinski definition) is 0. The van der Waals surface area contributed by atoms with Crippen molar-refractivity contribution in [2.45, 2.75) is 19.5 Å². The molecule has 0 amide bonds. The maximum absolute atomic E-state index is 6.68. The summed E-state index contributed by atoms with van der Waals surface area (Å²) in [7, 11) is 0. The molecule has 2 rings (SSSR count). The van der Waals surface area contributed by atoms with Crippen LogP contribution in [0.4, 0.5) is 0 Å². The van der Waals surface area contributed by atoms with Gasteiger partial charge in [0.2, 0.25) is 0 Å². The van der Waals surface area contributed by atoms with Crippen molar-refractivity contribution in [2.24, 2.45) is 0 Å². The van der Waals surface area contributed by atoms with E-state index in [9.17, 15) is 0 Å². The van der Waals surface area contributed by atoms with Gasteiger partial charge in [-0.05, 0) is 0 Å². The van der Waals surface area contributed by atoms with Crippen LogP contribution >= 0.6 is 27.8 Å². The SMILES string of the molecule is CC1=CP(Cl)(Cl)(Cc2ccccc2)CC1. The quantitative estimate of drug-likeness (QED) is 0.629. The van der Waals surface area contributed by atoms with E-state index in [1.807, 2.05) is 18.2 Å². The standard InChI is InChI=1S/C12H15Cl2P/c1-11-7-8-15(13,14,9-11)10-12-5-3-2-4-6-12/h2-6,9H,7-8,10H2,1H3. The van der Waals surface area contributed by atoms with E-state index in [0.717, 1.165) is 18.7 Å². The van der Waals surface area contributed by atoms with Crippen LogP contribution in [0.5, 0.6) is 0 Å². The van der Waals surface area contributed by atoms with Crippen LogP contribution in [-0.2, 0) is 6.16 Å². The van der Waals surface area contributed by atoms with Crippen LogP contribution in [0.25, 0.3) is 0 Å². The number of allylic oxidation sites excluding steroid dienone is 1. The third-order valence-electron chi connectivity index (χ3n) is 2.81. The van der Waals surface area contributed by atoms with E-state index in [4.69, 9.17) is 22.5 Å². The monoisotopic (exact) mass is 260 g/mol. The molecule has 1 aliphatic rings. The number of rotatable bonds is 2. The normalized spacial score (nSPS) is 25.3. The van der Waals surface area contributed by atoms with Gasteiger partial charge in [-0.2, -0.15) is 0 Å². The van der Waals surface area contributed by atoms with E-state index in [2.05, 4.69) is 24.9 Å².